The van der Waals surface area contributed by atoms with Crippen LogP contribution in [-0.4, -0.2) is 26.9 Å². The smallest absolute Gasteiger partial charge is 0.254 e. The molecule has 0 unspecified atom stereocenters. The first kappa shape index (κ1) is 13.8. The molecule has 6 heteroatoms. The minimum absolute atomic E-state index is 0.0699. The molecule has 1 aromatic heterocycles. The molecule has 20 heavy (non-hydrogen) atoms. The molecular weight excluding hydrogens is 386 g/mol. The minimum Gasteiger partial charge on any atom is -0.332 e. The van der Waals surface area contributed by atoms with Gasteiger partial charge in [-0.1, -0.05) is 15.9 Å². The van der Waals surface area contributed by atoms with E-state index >= 15 is 0 Å². The molecule has 4 nitrogen and oxygen atoms in total. The summed E-state index contributed by atoms with van der Waals surface area (Å²) in [6, 6.07) is 7.48. The summed E-state index contributed by atoms with van der Waals surface area (Å²) >= 11 is 6.81. The van der Waals surface area contributed by atoms with Gasteiger partial charge in [0.25, 0.3) is 5.91 Å². The van der Waals surface area contributed by atoms with Crippen molar-refractivity contribution in [1.82, 2.24) is 14.5 Å². The van der Waals surface area contributed by atoms with Crippen LogP contribution in [0.1, 0.15) is 21.7 Å². The number of fused-ring (bicyclic) bond motifs is 1. The summed E-state index contributed by atoms with van der Waals surface area (Å²) in [7, 11) is 1.96. The van der Waals surface area contributed by atoms with Crippen LogP contribution in [0.4, 0.5) is 0 Å². The molecule has 2 heterocycles. The lowest BCUT2D eigenvalue weighted by Crippen LogP contribution is -2.36. The number of carbonyl (C=O) groups is 1. The van der Waals surface area contributed by atoms with E-state index in [9.17, 15) is 4.79 Å². The SMILES string of the molecule is Cn1c(Br)nc2c1CN(C(=O)c1ccc(Br)cc1)CC2. The molecule has 0 saturated carbocycles. The summed E-state index contributed by atoms with van der Waals surface area (Å²) < 4.78 is 3.79. The number of imidazole rings is 1. The van der Waals surface area contributed by atoms with E-state index in [4.69, 9.17) is 0 Å². The Kier molecular flexibility index (Phi) is 3.69. The molecule has 0 N–H and O–H groups in total. The average Bonchev–Trinajstić information content (AvgIpc) is 2.74. The van der Waals surface area contributed by atoms with Crippen LogP contribution in [0.2, 0.25) is 0 Å². The molecule has 0 aliphatic carbocycles. The molecule has 1 aromatic carbocycles. The maximum atomic E-state index is 12.5. The average molecular weight is 399 g/mol. The van der Waals surface area contributed by atoms with Gasteiger partial charge in [0.2, 0.25) is 0 Å². The van der Waals surface area contributed by atoms with E-state index in [2.05, 4.69) is 36.8 Å². The van der Waals surface area contributed by atoms with Crippen molar-refractivity contribution in [2.45, 2.75) is 13.0 Å². The van der Waals surface area contributed by atoms with Gasteiger partial charge in [-0.2, -0.15) is 0 Å². The number of hydrogen-bond donors (Lipinski definition) is 0. The van der Waals surface area contributed by atoms with Crippen molar-refractivity contribution < 1.29 is 4.79 Å². The number of aromatic nitrogens is 2. The first-order valence-corrected chi connectivity index (χ1v) is 7.89. The maximum Gasteiger partial charge on any atom is 0.254 e. The number of rotatable bonds is 1. The highest BCUT2D eigenvalue weighted by molar-refractivity contribution is 9.10. The molecule has 0 bridgehead atoms. The van der Waals surface area contributed by atoms with Gasteiger partial charge in [0.1, 0.15) is 0 Å². The summed E-state index contributed by atoms with van der Waals surface area (Å²) in [6.45, 7) is 1.32. The first-order valence-electron chi connectivity index (χ1n) is 6.31. The third-order valence-electron chi connectivity index (χ3n) is 3.58. The van der Waals surface area contributed by atoms with E-state index in [0.29, 0.717) is 13.1 Å². The van der Waals surface area contributed by atoms with E-state index in [1.807, 2.05) is 40.8 Å². The largest absolute Gasteiger partial charge is 0.332 e. The lowest BCUT2D eigenvalue weighted by atomic mass is 10.1. The third kappa shape index (κ3) is 2.42. The van der Waals surface area contributed by atoms with Gasteiger partial charge in [0.15, 0.2) is 4.73 Å². The van der Waals surface area contributed by atoms with Crippen molar-refractivity contribution in [1.29, 1.82) is 0 Å². The summed E-state index contributed by atoms with van der Waals surface area (Å²) in [4.78, 5) is 18.8. The molecule has 0 fully saturated rings. The molecule has 1 aliphatic heterocycles. The Hall–Kier alpha value is -1.14. The van der Waals surface area contributed by atoms with Crippen molar-refractivity contribution in [2.24, 2.45) is 7.05 Å². The fraction of sp³-hybridized carbons (Fsp3) is 0.286. The van der Waals surface area contributed by atoms with Gasteiger partial charge >= 0.3 is 0 Å². The molecular formula is C14H13Br2N3O. The van der Waals surface area contributed by atoms with Crippen LogP contribution in [-0.2, 0) is 20.0 Å². The number of amides is 1. The van der Waals surface area contributed by atoms with Crippen LogP contribution in [0, 0.1) is 0 Å². The van der Waals surface area contributed by atoms with Crippen molar-refractivity contribution >= 4 is 37.8 Å². The number of nitrogens with zero attached hydrogens (tertiary/aromatic N) is 3. The standard InChI is InChI=1S/C14H13Br2N3O/c1-18-12-8-19(7-6-11(12)17-14(18)16)13(20)9-2-4-10(15)5-3-9/h2-5H,6-8H2,1H3. The van der Waals surface area contributed by atoms with Gasteiger partial charge in [-0.15, -0.1) is 0 Å². The van der Waals surface area contributed by atoms with E-state index in [1.54, 1.807) is 0 Å². The molecule has 3 rings (SSSR count). The number of benzene rings is 1. The molecule has 0 atom stereocenters. The van der Waals surface area contributed by atoms with E-state index in [1.165, 1.54) is 0 Å². The quantitative estimate of drug-likeness (QED) is 0.740. The second-order valence-corrected chi connectivity index (χ2v) is 6.44. The minimum atomic E-state index is 0.0699. The lowest BCUT2D eigenvalue weighted by Gasteiger charge is -2.27. The molecule has 2 aromatic rings. The summed E-state index contributed by atoms with van der Waals surface area (Å²) in [6.07, 6.45) is 0.803. The van der Waals surface area contributed by atoms with Crippen molar-refractivity contribution in [3.8, 4) is 0 Å². The fourth-order valence-electron chi connectivity index (χ4n) is 2.40. The monoisotopic (exact) mass is 397 g/mol. The van der Waals surface area contributed by atoms with Crippen LogP contribution < -0.4 is 0 Å². The van der Waals surface area contributed by atoms with Gasteiger partial charge < -0.3 is 9.47 Å². The van der Waals surface area contributed by atoms with Crippen LogP contribution in [0.25, 0.3) is 0 Å². The van der Waals surface area contributed by atoms with Crippen LogP contribution >= 0.6 is 31.9 Å². The zero-order valence-electron chi connectivity index (χ0n) is 10.9. The van der Waals surface area contributed by atoms with Crippen molar-refractivity contribution in [2.75, 3.05) is 6.54 Å². The summed E-state index contributed by atoms with van der Waals surface area (Å²) in [5.74, 6) is 0.0699. The summed E-state index contributed by atoms with van der Waals surface area (Å²) in [5, 5.41) is 0. The highest BCUT2D eigenvalue weighted by Crippen LogP contribution is 2.23. The normalized spacial score (nSPS) is 14.2. The topological polar surface area (TPSA) is 38.1 Å². The molecule has 1 aliphatic rings. The predicted molar refractivity (Wildman–Crippen MR) is 83.5 cm³/mol. The highest BCUT2D eigenvalue weighted by atomic mass is 79.9. The number of carbonyl (C=O) groups excluding carboxylic acids is 1. The molecule has 0 spiro atoms. The number of halogens is 2. The van der Waals surface area contributed by atoms with Gasteiger partial charge in [-0.05, 0) is 40.2 Å². The zero-order valence-corrected chi connectivity index (χ0v) is 14.1. The van der Waals surface area contributed by atoms with Gasteiger partial charge in [-0.3, -0.25) is 4.79 Å². The van der Waals surface area contributed by atoms with Gasteiger partial charge in [0.05, 0.1) is 17.9 Å². The van der Waals surface area contributed by atoms with Crippen molar-refractivity contribution in [3.63, 3.8) is 0 Å². The summed E-state index contributed by atoms with van der Waals surface area (Å²) in [5.41, 5.74) is 2.91. The Morgan fingerprint density at radius 3 is 2.65 bits per heavy atom. The number of hydrogen-bond acceptors (Lipinski definition) is 2. The first-order chi connectivity index (χ1) is 9.56. The van der Waals surface area contributed by atoms with Crippen molar-refractivity contribution in [3.05, 3.63) is 50.4 Å². The third-order valence-corrected chi connectivity index (χ3v) is 4.82. The Balaban J connectivity index is 1.84. The van der Waals surface area contributed by atoms with Gasteiger partial charge in [0, 0.05) is 30.0 Å². The Morgan fingerprint density at radius 1 is 1.25 bits per heavy atom. The molecule has 104 valence electrons. The molecule has 0 saturated heterocycles. The Morgan fingerprint density at radius 2 is 1.95 bits per heavy atom. The van der Waals surface area contributed by atoms with E-state index < -0.39 is 0 Å². The lowest BCUT2D eigenvalue weighted by molar-refractivity contribution is 0.0730. The molecule has 1 amide bonds. The molecule has 0 radical (unpaired) electrons. The van der Waals surface area contributed by atoms with Crippen LogP contribution in [0.3, 0.4) is 0 Å². The van der Waals surface area contributed by atoms with Crippen LogP contribution in [0.15, 0.2) is 33.5 Å². The van der Waals surface area contributed by atoms with Crippen LogP contribution in [0.5, 0.6) is 0 Å². The second-order valence-electron chi connectivity index (χ2n) is 4.82. The predicted octanol–water partition coefficient (Wildman–Crippen LogP) is 3.14. The second kappa shape index (κ2) is 5.33. The van der Waals surface area contributed by atoms with E-state index in [-0.39, 0.29) is 5.91 Å². The van der Waals surface area contributed by atoms with Gasteiger partial charge in [-0.25, -0.2) is 4.98 Å². The maximum absolute atomic E-state index is 12.5. The zero-order chi connectivity index (χ0) is 14.3. The Bertz CT molecular complexity index is 664. The van der Waals surface area contributed by atoms with E-state index in [0.717, 1.165) is 32.6 Å². The fourth-order valence-corrected chi connectivity index (χ4v) is 3.09. The highest BCUT2D eigenvalue weighted by Gasteiger charge is 2.25. The Labute approximate surface area is 134 Å².